The Kier molecular flexibility index (Phi) is 5.80. The molecule has 1 aliphatic rings. The number of fused-ring (bicyclic) bond motifs is 2. The maximum atomic E-state index is 14.1. The van der Waals surface area contributed by atoms with Crippen LogP contribution in [0.25, 0.3) is 11.0 Å². The summed E-state index contributed by atoms with van der Waals surface area (Å²) in [5.41, 5.74) is 4.36. The quantitative estimate of drug-likeness (QED) is 0.261. The molecule has 0 fully saturated rings. The highest BCUT2D eigenvalue weighted by atomic mass is 19.1. The van der Waals surface area contributed by atoms with Crippen LogP contribution < -0.4 is 15.1 Å². The van der Waals surface area contributed by atoms with Gasteiger partial charge >= 0.3 is 0 Å². The van der Waals surface area contributed by atoms with Gasteiger partial charge in [0.15, 0.2) is 5.43 Å². The third-order valence-electron chi connectivity index (χ3n) is 7.02. The summed E-state index contributed by atoms with van der Waals surface area (Å²) in [5.74, 6) is -0.406. The molecule has 6 heteroatoms. The van der Waals surface area contributed by atoms with Gasteiger partial charge in [0, 0.05) is 5.69 Å². The van der Waals surface area contributed by atoms with E-state index in [9.17, 15) is 14.0 Å². The van der Waals surface area contributed by atoms with E-state index in [2.05, 4.69) is 0 Å². The predicted octanol–water partition coefficient (Wildman–Crippen LogP) is 6.88. The van der Waals surface area contributed by atoms with E-state index in [1.165, 1.54) is 12.1 Å². The lowest BCUT2D eigenvalue weighted by Crippen LogP contribution is -2.29. The van der Waals surface area contributed by atoms with E-state index >= 15 is 0 Å². The largest absolute Gasteiger partial charge is 0.489 e. The van der Waals surface area contributed by atoms with E-state index in [-0.39, 0.29) is 22.3 Å². The molecule has 5 aromatic rings. The van der Waals surface area contributed by atoms with E-state index in [1.807, 2.05) is 86.6 Å². The minimum atomic E-state index is -0.774. The zero-order valence-electron chi connectivity index (χ0n) is 20.9. The number of carbonyl (C=O) groups excluding carboxylic acids is 1. The third kappa shape index (κ3) is 4.04. The van der Waals surface area contributed by atoms with E-state index in [4.69, 9.17) is 9.15 Å². The van der Waals surface area contributed by atoms with Crippen LogP contribution >= 0.6 is 0 Å². The van der Waals surface area contributed by atoms with Crippen LogP contribution in [0.1, 0.15) is 44.4 Å². The molecule has 6 rings (SSSR count). The predicted molar refractivity (Wildman–Crippen MR) is 144 cm³/mol. The lowest BCUT2D eigenvalue weighted by atomic mass is 9.97. The zero-order valence-corrected chi connectivity index (χ0v) is 20.9. The number of rotatable bonds is 5. The van der Waals surface area contributed by atoms with Gasteiger partial charge in [0.2, 0.25) is 5.76 Å². The van der Waals surface area contributed by atoms with Gasteiger partial charge < -0.3 is 9.15 Å². The van der Waals surface area contributed by atoms with Gasteiger partial charge in [-0.15, -0.1) is 0 Å². The highest BCUT2D eigenvalue weighted by Crippen LogP contribution is 2.42. The summed E-state index contributed by atoms with van der Waals surface area (Å²) in [5, 5.41) is 0.0972. The van der Waals surface area contributed by atoms with Crippen LogP contribution in [0, 0.1) is 19.7 Å². The van der Waals surface area contributed by atoms with Gasteiger partial charge in [-0.3, -0.25) is 14.5 Å². The molecule has 0 saturated carbocycles. The fourth-order valence-corrected chi connectivity index (χ4v) is 4.92. The summed E-state index contributed by atoms with van der Waals surface area (Å²) in [6.45, 7) is 4.34. The molecule has 0 saturated heterocycles. The van der Waals surface area contributed by atoms with Gasteiger partial charge in [-0.05, 0) is 78.6 Å². The first-order valence-corrected chi connectivity index (χ1v) is 12.3. The number of benzene rings is 4. The van der Waals surface area contributed by atoms with Crippen molar-refractivity contribution < 1.29 is 18.3 Å². The average molecular weight is 506 g/mol. The van der Waals surface area contributed by atoms with Gasteiger partial charge in [0.25, 0.3) is 5.91 Å². The second kappa shape index (κ2) is 9.30. The van der Waals surface area contributed by atoms with Crippen molar-refractivity contribution in [3.05, 3.63) is 141 Å². The minimum absolute atomic E-state index is 0.0343. The Morgan fingerprint density at radius 1 is 0.868 bits per heavy atom. The summed E-state index contributed by atoms with van der Waals surface area (Å²) >= 11 is 0. The standard InChI is InChI=1S/C32H24FNO4/c1-19-11-13-24(15-20(19)2)34-29(22-9-6-10-25(16-22)37-18-21-7-4-3-5-8-21)28-30(35)26-17-23(33)12-14-27(26)38-31(28)32(34)36/h3-17,29H,18H2,1-2H3. The first kappa shape index (κ1) is 23.7. The molecule has 0 N–H and O–H groups in total. The summed E-state index contributed by atoms with van der Waals surface area (Å²) in [7, 11) is 0. The maximum absolute atomic E-state index is 14.1. The number of anilines is 1. The Labute approximate surface area is 218 Å². The van der Waals surface area contributed by atoms with Crippen LogP contribution in [0.4, 0.5) is 10.1 Å². The molecule has 2 heterocycles. The number of nitrogens with zero attached hydrogens (tertiary/aromatic N) is 1. The van der Waals surface area contributed by atoms with Crippen LogP contribution in [0.15, 0.2) is 100 Å². The molecule has 5 nitrogen and oxygen atoms in total. The second-order valence-electron chi connectivity index (χ2n) is 9.51. The van der Waals surface area contributed by atoms with Crippen molar-refractivity contribution in [1.82, 2.24) is 0 Å². The summed E-state index contributed by atoms with van der Waals surface area (Å²) < 4.78 is 26.1. The molecular formula is C32H24FNO4. The monoisotopic (exact) mass is 505 g/mol. The van der Waals surface area contributed by atoms with Crippen LogP contribution in [-0.2, 0) is 6.61 Å². The molecule has 0 aliphatic carbocycles. The smallest absolute Gasteiger partial charge is 0.295 e. The summed E-state index contributed by atoms with van der Waals surface area (Å²) in [4.78, 5) is 29.2. The average Bonchev–Trinajstić information content (AvgIpc) is 3.22. The molecule has 0 radical (unpaired) electrons. The molecule has 1 unspecified atom stereocenters. The Morgan fingerprint density at radius 3 is 2.47 bits per heavy atom. The number of hydrogen-bond donors (Lipinski definition) is 0. The molecule has 1 atom stereocenters. The van der Waals surface area contributed by atoms with Gasteiger partial charge in [-0.1, -0.05) is 48.5 Å². The zero-order chi connectivity index (χ0) is 26.4. The Morgan fingerprint density at radius 2 is 1.68 bits per heavy atom. The van der Waals surface area contributed by atoms with Crippen LogP contribution in [0.3, 0.4) is 0 Å². The molecule has 0 spiro atoms. The van der Waals surface area contributed by atoms with Crippen LogP contribution in [0.2, 0.25) is 0 Å². The third-order valence-corrected chi connectivity index (χ3v) is 7.02. The van der Waals surface area contributed by atoms with Crippen molar-refractivity contribution in [3.8, 4) is 5.75 Å². The fraction of sp³-hybridized carbons (Fsp3) is 0.125. The topological polar surface area (TPSA) is 59.8 Å². The molecule has 4 aromatic carbocycles. The number of ether oxygens (including phenoxy) is 1. The molecule has 0 bridgehead atoms. The first-order valence-electron chi connectivity index (χ1n) is 12.3. The molecular weight excluding hydrogens is 481 g/mol. The van der Waals surface area contributed by atoms with E-state index in [0.717, 1.165) is 22.8 Å². The number of carbonyl (C=O) groups is 1. The highest BCUT2D eigenvalue weighted by Gasteiger charge is 2.43. The number of amides is 1. The lowest BCUT2D eigenvalue weighted by molar-refractivity contribution is 0.0971. The van der Waals surface area contributed by atoms with E-state index < -0.39 is 23.2 Å². The first-order chi connectivity index (χ1) is 18.4. The van der Waals surface area contributed by atoms with Gasteiger partial charge in [-0.25, -0.2) is 4.39 Å². The molecule has 188 valence electrons. The van der Waals surface area contributed by atoms with Crippen molar-refractivity contribution >= 4 is 22.6 Å². The van der Waals surface area contributed by atoms with Gasteiger partial charge in [-0.2, -0.15) is 0 Å². The molecule has 38 heavy (non-hydrogen) atoms. The molecule has 1 amide bonds. The van der Waals surface area contributed by atoms with Crippen LogP contribution in [-0.4, -0.2) is 5.91 Å². The molecule has 1 aromatic heterocycles. The van der Waals surface area contributed by atoms with E-state index in [1.54, 1.807) is 4.90 Å². The lowest BCUT2D eigenvalue weighted by Gasteiger charge is -2.26. The molecule has 1 aliphatic heterocycles. The van der Waals surface area contributed by atoms with Crippen molar-refractivity contribution in [3.63, 3.8) is 0 Å². The van der Waals surface area contributed by atoms with Gasteiger partial charge in [0.1, 0.15) is 23.8 Å². The minimum Gasteiger partial charge on any atom is -0.489 e. The Hall–Kier alpha value is -4.71. The Bertz CT molecular complexity index is 1760. The van der Waals surface area contributed by atoms with Crippen LogP contribution in [0.5, 0.6) is 5.75 Å². The maximum Gasteiger partial charge on any atom is 0.295 e. The number of aryl methyl sites for hydroxylation is 2. The normalized spacial score (nSPS) is 14.7. The van der Waals surface area contributed by atoms with Crippen molar-refractivity contribution in [2.75, 3.05) is 4.90 Å². The van der Waals surface area contributed by atoms with Gasteiger partial charge in [0.05, 0.1) is 17.0 Å². The van der Waals surface area contributed by atoms with Crippen molar-refractivity contribution in [2.45, 2.75) is 26.5 Å². The fourth-order valence-electron chi connectivity index (χ4n) is 4.92. The second-order valence-corrected chi connectivity index (χ2v) is 9.51. The van der Waals surface area contributed by atoms with E-state index in [0.29, 0.717) is 23.6 Å². The summed E-state index contributed by atoms with van der Waals surface area (Å²) in [6.07, 6.45) is 0. The Balaban J connectivity index is 1.51. The summed E-state index contributed by atoms with van der Waals surface area (Å²) in [6, 6.07) is 25.9. The number of hydrogen-bond acceptors (Lipinski definition) is 4. The number of halogens is 1. The van der Waals surface area contributed by atoms with Crippen molar-refractivity contribution in [2.24, 2.45) is 0 Å². The highest BCUT2D eigenvalue weighted by molar-refractivity contribution is 6.10. The van der Waals surface area contributed by atoms with Crippen molar-refractivity contribution in [1.29, 1.82) is 0 Å². The SMILES string of the molecule is Cc1ccc(N2C(=O)c3oc4ccc(F)cc4c(=O)c3C2c2cccc(OCc3ccccc3)c2)cc1C.